The van der Waals surface area contributed by atoms with Crippen LogP contribution in [0.2, 0.25) is 0 Å². The number of hydrogen-bond donors (Lipinski definition) is 1. The normalized spacial score (nSPS) is 29.6. The van der Waals surface area contributed by atoms with Crippen LogP contribution in [0.3, 0.4) is 0 Å². The molecule has 0 radical (unpaired) electrons. The zero-order valence-electron chi connectivity index (χ0n) is 12.0. The van der Waals surface area contributed by atoms with Crippen LogP contribution in [-0.2, 0) is 9.53 Å². The van der Waals surface area contributed by atoms with Crippen molar-refractivity contribution in [1.29, 1.82) is 0 Å². The Hall–Kier alpha value is -1.46. The predicted molar refractivity (Wildman–Crippen MR) is 77.0 cm³/mol. The third kappa shape index (κ3) is 3.09. The molecule has 3 unspecified atom stereocenters. The molecule has 1 aromatic rings. The minimum absolute atomic E-state index is 0.00961. The van der Waals surface area contributed by atoms with Gasteiger partial charge in [0.05, 0.1) is 19.1 Å². The van der Waals surface area contributed by atoms with E-state index >= 15 is 0 Å². The van der Waals surface area contributed by atoms with Crippen molar-refractivity contribution in [1.82, 2.24) is 4.90 Å². The van der Waals surface area contributed by atoms with Gasteiger partial charge in [-0.1, -0.05) is 18.6 Å². The van der Waals surface area contributed by atoms with Gasteiger partial charge in [-0.3, -0.25) is 4.79 Å². The Bertz CT molecular complexity index is 506. The van der Waals surface area contributed by atoms with Crippen LogP contribution in [0.1, 0.15) is 30.9 Å². The average molecular weight is 292 g/mol. The SMILES string of the molecule is NC1CCCC1C(=O)N1CCOC(c2ccc(F)cc2)C1. The van der Waals surface area contributed by atoms with E-state index in [2.05, 4.69) is 0 Å². The molecule has 5 heteroatoms. The van der Waals surface area contributed by atoms with Crippen LogP contribution < -0.4 is 5.73 Å². The molecule has 1 saturated carbocycles. The number of carbonyl (C=O) groups excluding carboxylic acids is 1. The second kappa shape index (κ2) is 6.12. The van der Waals surface area contributed by atoms with Gasteiger partial charge in [0.2, 0.25) is 5.91 Å². The number of carbonyl (C=O) groups is 1. The van der Waals surface area contributed by atoms with Crippen molar-refractivity contribution in [3.05, 3.63) is 35.6 Å². The molecule has 1 aliphatic carbocycles. The molecule has 2 fully saturated rings. The summed E-state index contributed by atoms with van der Waals surface area (Å²) in [5.41, 5.74) is 6.94. The molecular weight excluding hydrogens is 271 g/mol. The first-order chi connectivity index (χ1) is 10.1. The molecule has 2 N–H and O–H groups in total. The lowest BCUT2D eigenvalue weighted by Gasteiger charge is -2.35. The summed E-state index contributed by atoms with van der Waals surface area (Å²) in [6, 6.07) is 6.27. The molecule has 1 amide bonds. The zero-order valence-corrected chi connectivity index (χ0v) is 12.0. The maximum absolute atomic E-state index is 13.0. The Kier molecular flexibility index (Phi) is 4.22. The first-order valence-corrected chi connectivity index (χ1v) is 7.56. The van der Waals surface area contributed by atoms with Crippen LogP contribution in [0.15, 0.2) is 24.3 Å². The number of rotatable bonds is 2. The molecule has 21 heavy (non-hydrogen) atoms. The van der Waals surface area contributed by atoms with Crippen molar-refractivity contribution in [2.75, 3.05) is 19.7 Å². The second-order valence-electron chi connectivity index (χ2n) is 5.90. The number of amides is 1. The maximum atomic E-state index is 13.0. The lowest BCUT2D eigenvalue weighted by molar-refractivity contribution is -0.143. The molecular formula is C16H21FN2O2. The first-order valence-electron chi connectivity index (χ1n) is 7.56. The van der Waals surface area contributed by atoms with Crippen molar-refractivity contribution >= 4 is 5.91 Å². The van der Waals surface area contributed by atoms with E-state index in [0.717, 1.165) is 24.8 Å². The molecule has 0 bridgehead atoms. The summed E-state index contributed by atoms with van der Waals surface area (Å²) < 4.78 is 18.7. The Morgan fingerprint density at radius 3 is 2.71 bits per heavy atom. The molecule has 4 nitrogen and oxygen atoms in total. The van der Waals surface area contributed by atoms with Gasteiger partial charge in [-0.05, 0) is 30.5 Å². The number of benzene rings is 1. The molecule has 0 spiro atoms. The molecule has 1 aliphatic heterocycles. The summed E-state index contributed by atoms with van der Waals surface area (Å²) in [5.74, 6) is -0.160. The van der Waals surface area contributed by atoms with Gasteiger partial charge in [-0.15, -0.1) is 0 Å². The van der Waals surface area contributed by atoms with Crippen molar-refractivity contribution in [3.8, 4) is 0 Å². The number of morpholine rings is 1. The number of ether oxygens (including phenoxy) is 1. The first kappa shape index (κ1) is 14.5. The van der Waals surface area contributed by atoms with E-state index in [4.69, 9.17) is 10.5 Å². The van der Waals surface area contributed by atoms with Crippen LogP contribution in [-0.4, -0.2) is 36.5 Å². The van der Waals surface area contributed by atoms with Gasteiger partial charge in [-0.2, -0.15) is 0 Å². The minimum Gasteiger partial charge on any atom is -0.370 e. The van der Waals surface area contributed by atoms with Crippen LogP contribution in [0.4, 0.5) is 4.39 Å². The standard InChI is InChI=1S/C16H21FN2O2/c17-12-6-4-11(5-7-12)15-10-19(8-9-21-15)16(20)13-2-1-3-14(13)18/h4-7,13-15H,1-3,8-10,18H2. The van der Waals surface area contributed by atoms with Gasteiger partial charge in [-0.25, -0.2) is 4.39 Å². The van der Waals surface area contributed by atoms with Gasteiger partial charge in [0.15, 0.2) is 0 Å². The van der Waals surface area contributed by atoms with Crippen molar-refractivity contribution in [2.24, 2.45) is 11.7 Å². The largest absolute Gasteiger partial charge is 0.370 e. The van der Waals surface area contributed by atoms with Gasteiger partial charge >= 0.3 is 0 Å². The topological polar surface area (TPSA) is 55.6 Å². The summed E-state index contributed by atoms with van der Waals surface area (Å²) in [7, 11) is 0. The fourth-order valence-electron chi connectivity index (χ4n) is 3.26. The number of halogens is 1. The summed E-state index contributed by atoms with van der Waals surface area (Å²) in [6.45, 7) is 1.64. The third-order valence-corrected chi connectivity index (χ3v) is 4.51. The van der Waals surface area contributed by atoms with E-state index < -0.39 is 0 Å². The highest BCUT2D eigenvalue weighted by Gasteiger charge is 2.35. The van der Waals surface area contributed by atoms with E-state index in [1.54, 1.807) is 12.1 Å². The molecule has 114 valence electrons. The van der Waals surface area contributed by atoms with Crippen LogP contribution in [0, 0.1) is 11.7 Å². The number of hydrogen-bond acceptors (Lipinski definition) is 3. The van der Waals surface area contributed by atoms with Gasteiger partial charge in [0.25, 0.3) is 0 Å². The quantitative estimate of drug-likeness (QED) is 0.905. The molecule has 2 aliphatic rings. The maximum Gasteiger partial charge on any atom is 0.227 e. The summed E-state index contributed by atoms with van der Waals surface area (Å²) in [6.07, 6.45) is 2.67. The molecule has 1 heterocycles. The summed E-state index contributed by atoms with van der Waals surface area (Å²) in [4.78, 5) is 14.4. The van der Waals surface area contributed by atoms with E-state index in [9.17, 15) is 9.18 Å². The number of nitrogens with zero attached hydrogens (tertiary/aromatic N) is 1. The van der Waals surface area contributed by atoms with Crippen LogP contribution in [0.25, 0.3) is 0 Å². The molecule has 1 aromatic carbocycles. The molecule has 3 rings (SSSR count). The van der Waals surface area contributed by atoms with Gasteiger partial charge in [0, 0.05) is 12.6 Å². The highest BCUT2D eigenvalue weighted by Crippen LogP contribution is 2.29. The Labute approximate surface area is 124 Å². The lowest BCUT2D eigenvalue weighted by atomic mass is 10.0. The van der Waals surface area contributed by atoms with E-state index in [1.165, 1.54) is 12.1 Å². The Balaban J connectivity index is 1.68. The zero-order chi connectivity index (χ0) is 14.8. The van der Waals surface area contributed by atoms with Crippen molar-refractivity contribution < 1.29 is 13.9 Å². The average Bonchev–Trinajstić information content (AvgIpc) is 2.93. The lowest BCUT2D eigenvalue weighted by Crippen LogP contribution is -2.47. The fraction of sp³-hybridized carbons (Fsp3) is 0.562. The predicted octanol–water partition coefficient (Wildman–Crippen LogP) is 1.85. The minimum atomic E-state index is -0.264. The Morgan fingerprint density at radius 2 is 2.05 bits per heavy atom. The van der Waals surface area contributed by atoms with Crippen LogP contribution in [0.5, 0.6) is 0 Å². The smallest absolute Gasteiger partial charge is 0.227 e. The van der Waals surface area contributed by atoms with E-state index in [1.807, 2.05) is 4.90 Å². The molecule has 1 saturated heterocycles. The van der Waals surface area contributed by atoms with Crippen molar-refractivity contribution in [2.45, 2.75) is 31.4 Å². The van der Waals surface area contributed by atoms with Crippen LogP contribution >= 0.6 is 0 Å². The third-order valence-electron chi connectivity index (χ3n) is 4.51. The number of nitrogens with two attached hydrogens (primary N) is 1. The van der Waals surface area contributed by atoms with E-state index in [-0.39, 0.29) is 29.8 Å². The summed E-state index contributed by atoms with van der Waals surface area (Å²) in [5, 5.41) is 0. The van der Waals surface area contributed by atoms with E-state index in [0.29, 0.717) is 19.7 Å². The summed E-state index contributed by atoms with van der Waals surface area (Å²) >= 11 is 0. The monoisotopic (exact) mass is 292 g/mol. The van der Waals surface area contributed by atoms with Gasteiger partial charge in [0.1, 0.15) is 11.9 Å². The molecule has 3 atom stereocenters. The Morgan fingerprint density at radius 1 is 1.29 bits per heavy atom. The fourth-order valence-corrected chi connectivity index (χ4v) is 3.26. The highest BCUT2D eigenvalue weighted by molar-refractivity contribution is 5.80. The second-order valence-corrected chi connectivity index (χ2v) is 5.90. The molecule has 0 aromatic heterocycles. The van der Waals surface area contributed by atoms with Gasteiger partial charge < -0.3 is 15.4 Å². The van der Waals surface area contributed by atoms with Crippen molar-refractivity contribution in [3.63, 3.8) is 0 Å². The highest BCUT2D eigenvalue weighted by atomic mass is 19.1.